The fraction of sp³-hybridized carbons (Fsp3) is 0.409. The van der Waals surface area contributed by atoms with Crippen molar-refractivity contribution in [1.82, 2.24) is 10.2 Å². The highest BCUT2D eigenvalue weighted by molar-refractivity contribution is 5.83. The minimum Gasteiger partial charge on any atom is -0.352 e. The van der Waals surface area contributed by atoms with Gasteiger partial charge in [-0.3, -0.25) is 9.69 Å². The SMILES string of the molecule is CC(C(=O)NC1CCN(C(C)C)C1)c1ccc(-c2cccc(F)c2)cc1. The third-order valence-corrected chi connectivity index (χ3v) is 5.26. The molecule has 1 N–H and O–H groups in total. The summed E-state index contributed by atoms with van der Waals surface area (Å²) in [6, 6.07) is 15.1. The average Bonchev–Trinajstić information content (AvgIpc) is 3.10. The second-order valence-corrected chi connectivity index (χ2v) is 7.44. The molecule has 3 nitrogen and oxygen atoms in total. The smallest absolute Gasteiger partial charge is 0.227 e. The molecule has 0 saturated carbocycles. The topological polar surface area (TPSA) is 32.3 Å². The van der Waals surface area contributed by atoms with Crippen molar-refractivity contribution in [3.8, 4) is 11.1 Å². The first-order valence-corrected chi connectivity index (χ1v) is 9.34. The van der Waals surface area contributed by atoms with E-state index in [1.54, 1.807) is 6.07 Å². The highest BCUT2D eigenvalue weighted by Gasteiger charge is 2.27. The van der Waals surface area contributed by atoms with Crippen LogP contribution in [0.4, 0.5) is 4.39 Å². The van der Waals surface area contributed by atoms with E-state index in [4.69, 9.17) is 0 Å². The van der Waals surface area contributed by atoms with Crippen LogP contribution in [0.5, 0.6) is 0 Å². The maximum atomic E-state index is 13.4. The first-order valence-electron chi connectivity index (χ1n) is 9.34. The average molecular weight is 354 g/mol. The van der Waals surface area contributed by atoms with E-state index >= 15 is 0 Å². The van der Waals surface area contributed by atoms with Crippen LogP contribution in [0.2, 0.25) is 0 Å². The van der Waals surface area contributed by atoms with E-state index in [9.17, 15) is 9.18 Å². The molecule has 1 aliphatic rings. The lowest BCUT2D eigenvalue weighted by Crippen LogP contribution is -2.40. The summed E-state index contributed by atoms with van der Waals surface area (Å²) in [6.45, 7) is 8.27. The molecule has 1 aliphatic heterocycles. The Hall–Kier alpha value is -2.20. The van der Waals surface area contributed by atoms with E-state index < -0.39 is 0 Å². The molecule has 138 valence electrons. The van der Waals surface area contributed by atoms with E-state index in [0.717, 1.165) is 36.2 Å². The van der Waals surface area contributed by atoms with Crippen LogP contribution >= 0.6 is 0 Å². The van der Waals surface area contributed by atoms with Gasteiger partial charge in [-0.1, -0.05) is 36.4 Å². The van der Waals surface area contributed by atoms with Crippen LogP contribution in [0.1, 0.15) is 38.7 Å². The standard InChI is InChI=1S/C22H27FN2O/c1-15(2)25-12-11-21(14-25)24-22(26)16(3)17-7-9-18(10-8-17)19-5-4-6-20(23)13-19/h4-10,13,15-16,21H,11-12,14H2,1-3H3,(H,24,26). The third-order valence-electron chi connectivity index (χ3n) is 5.26. The maximum absolute atomic E-state index is 13.4. The summed E-state index contributed by atoms with van der Waals surface area (Å²) in [6.07, 6.45) is 1.01. The molecule has 0 spiro atoms. The summed E-state index contributed by atoms with van der Waals surface area (Å²) >= 11 is 0. The van der Waals surface area contributed by atoms with Gasteiger partial charge >= 0.3 is 0 Å². The second kappa shape index (κ2) is 8.00. The fourth-order valence-corrected chi connectivity index (χ4v) is 3.48. The number of hydrogen-bond donors (Lipinski definition) is 1. The zero-order chi connectivity index (χ0) is 18.7. The zero-order valence-corrected chi connectivity index (χ0v) is 15.7. The van der Waals surface area contributed by atoms with Crippen LogP contribution in [-0.2, 0) is 4.79 Å². The lowest BCUT2D eigenvalue weighted by molar-refractivity contribution is -0.122. The van der Waals surface area contributed by atoms with Crippen LogP contribution in [-0.4, -0.2) is 36.0 Å². The maximum Gasteiger partial charge on any atom is 0.227 e. The van der Waals surface area contributed by atoms with Gasteiger partial charge in [-0.15, -0.1) is 0 Å². The molecule has 1 fully saturated rings. The van der Waals surface area contributed by atoms with E-state index in [2.05, 4.69) is 24.1 Å². The van der Waals surface area contributed by atoms with Crippen molar-refractivity contribution in [3.05, 3.63) is 59.9 Å². The van der Waals surface area contributed by atoms with Gasteiger partial charge in [0.05, 0.1) is 5.92 Å². The van der Waals surface area contributed by atoms with Crippen LogP contribution in [0.3, 0.4) is 0 Å². The van der Waals surface area contributed by atoms with Gasteiger partial charge in [0.1, 0.15) is 5.82 Å². The number of likely N-dealkylation sites (tertiary alicyclic amines) is 1. The summed E-state index contributed by atoms with van der Waals surface area (Å²) in [5.74, 6) is -0.380. The van der Waals surface area contributed by atoms with Gasteiger partial charge in [-0.25, -0.2) is 4.39 Å². The molecule has 0 aromatic heterocycles. The van der Waals surface area contributed by atoms with Crippen LogP contribution in [0, 0.1) is 5.82 Å². The Balaban J connectivity index is 1.62. The Labute approximate surface area is 155 Å². The van der Waals surface area contributed by atoms with Crippen molar-refractivity contribution in [3.63, 3.8) is 0 Å². The Morgan fingerprint density at radius 1 is 1.12 bits per heavy atom. The monoisotopic (exact) mass is 354 g/mol. The summed E-state index contributed by atoms with van der Waals surface area (Å²) < 4.78 is 13.4. The summed E-state index contributed by atoms with van der Waals surface area (Å²) in [7, 11) is 0. The summed E-state index contributed by atoms with van der Waals surface area (Å²) in [4.78, 5) is 15.0. The van der Waals surface area contributed by atoms with Crippen LogP contribution in [0.15, 0.2) is 48.5 Å². The minimum absolute atomic E-state index is 0.0686. The number of amides is 1. The van der Waals surface area contributed by atoms with E-state index in [0.29, 0.717) is 6.04 Å². The van der Waals surface area contributed by atoms with Crippen molar-refractivity contribution >= 4 is 5.91 Å². The molecule has 2 unspecified atom stereocenters. The third kappa shape index (κ3) is 4.31. The molecule has 0 bridgehead atoms. The molecule has 1 heterocycles. The molecule has 2 atom stereocenters. The highest BCUT2D eigenvalue weighted by atomic mass is 19.1. The summed E-state index contributed by atoms with van der Waals surface area (Å²) in [5.41, 5.74) is 2.76. The Morgan fingerprint density at radius 3 is 2.46 bits per heavy atom. The predicted octanol–water partition coefficient (Wildman–Crippen LogP) is 4.20. The number of carbonyl (C=O) groups is 1. The molecular weight excluding hydrogens is 327 g/mol. The van der Waals surface area contributed by atoms with Crippen molar-refractivity contribution in [2.45, 2.75) is 45.2 Å². The van der Waals surface area contributed by atoms with Gasteiger partial charge in [0.15, 0.2) is 0 Å². The van der Waals surface area contributed by atoms with Gasteiger partial charge in [0.2, 0.25) is 5.91 Å². The fourth-order valence-electron chi connectivity index (χ4n) is 3.48. The van der Waals surface area contributed by atoms with Gasteiger partial charge in [0, 0.05) is 25.2 Å². The molecule has 2 aromatic rings. The van der Waals surface area contributed by atoms with E-state index in [-0.39, 0.29) is 23.7 Å². The molecule has 1 saturated heterocycles. The Kier molecular flexibility index (Phi) is 5.72. The second-order valence-electron chi connectivity index (χ2n) is 7.44. The molecule has 0 radical (unpaired) electrons. The number of rotatable bonds is 5. The van der Waals surface area contributed by atoms with Crippen molar-refractivity contribution in [2.75, 3.05) is 13.1 Å². The molecule has 1 amide bonds. The number of nitrogens with one attached hydrogen (secondary N) is 1. The van der Waals surface area contributed by atoms with Crippen molar-refractivity contribution in [1.29, 1.82) is 0 Å². The van der Waals surface area contributed by atoms with Gasteiger partial charge in [-0.2, -0.15) is 0 Å². The predicted molar refractivity (Wildman–Crippen MR) is 104 cm³/mol. The first kappa shape index (κ1) is 18.6. The van der Waals surface area contributed by atoms with E-state index in [1.165, 1.54) is 12.1 Å². The molecule has 3 rings (SSSR count). The van der Waals surface area contributed by atoms with E-state index in [1.807, 2.05) is 37.3 Å². The van der Waals surface area contributed by atoms with Gasteiger partial charge in [0.25, 0.3) is 0 Å². The lowest BCUT2D eigenvalue weighted by Gasteiger charge is -2.21. The van der Waals surface area contributed by atoms with Gasteiger partial charge < -0.3 is 5.32 Å². The quantitative estimate of drug-likeness (QED) is 0.873. The largest absolute Gasteiger partial charge is 0.352 e. The number of benzene rings is 2. The number of nitrogens with zero attached hydrogens (tertiary/aromatic N) is 1. The molecular formula is C22H27FN2O. The number of hydrogen-bond acceptors (Lipinski definition) is 2. The molecule has 2 aromatic carbocycles. The Morgan fingerprint density at radius 2 is 1.85 bits per heavy atom. The van der Waals surface area contributed by atoms with Crippen molar-refractivity contribution in [2.24, 2.45) is 0 Å². The molecule has 4 heteroatoms. The zero-order valence-electron chi connectivity index (χ0n) is 15.7. The minimum atomic E-state index is -0.244. The normalized spacial score (nSPS) is 18.9. The van der Waals surface area contributed by atoms with Gasteiger partial charge in [-0.05, 0) is 56.0 Å². The number of carbonyl (C=O) groups excluding carboxylic acids is 1. The van der Waals surface area contributed by atoms with Crippen LogP contribution in [0.25, 0.3) is 11.1 Å². The first-order chi connectivity index (χ1) is 12.4. The molecule has 0 aliphatic carbocycles. The Bertz CT molecular complexity index is 757. The number of halogens is 1. The van der Waals surface area contributed by atoms with Crippen LogP contribution < -0.4 is 5.32 Å². The van der Waals surface area contributed by atoms with Crippen molar-refractivity contribution < 1.29 is 9.18 Å². The lowest BCUT2D eigenvalue weighted by atomic mass is 9.96. The summed E-state index contributed by atoms with van der Waals surface area (Å²) in [5, 5.41) is 3.19. The molecule has 26 heavy (non-hydrogen) atoms. The highest BCUT2D eigenvalue weighted by Crippen LogP contribution is 2.24.